The summed E-state index contributed by atoms with van der Waals surface area (Å²) in [6, 6.07) is 1.51. The van der Waals surface area contributed by atoms with Crippen LogP contribution in [0.1, 0.15) is 75.5 Å². The maximum absolute atomic E-state index is 13.2. The highest BCUT2D eigenvalue weighted by atomic mass is 32.1. The highest BCUT2D eigenvalue weighted by Gasteiger charge is 2.33. The second-order valence-electron chi connectivity index (χ2n) is 7.82. The summed E-state index contributed by atoms with van der Waals surface area (Å²) in [6.07, 6.45) is 3.89. The van der Waals surface area contributed by atoms with Crippen LogP contribution in [-0.4, -0.2) is 23.0 Å². The molecule has 1 aromatic rings. The molecule has 2 rings (SSSR count). The highest BCUT2D eigenvalue weighted by molar-refractivity contribution is 7.17. The van der Waals surface area contributed by atoms with Gasteiger partial charge in [-0.25, -0.2) is 4.79 Å². The van der Waals surface area contributed by atoms with Gasteiger partial charge >= 0.3 is 5.97 Å². The lowest BCUT2D eigenvalue weighted by molar-refractivity contribution is -0.123. The molecule has 0 aromatic carbocycles. The van der Waals surface area contributed by atoms with E-state index < -0.39 is 5.97 Å². The zero-order valence-electron chi connectivity index (χ0n) is 16.3. The maximum atomic E-state index is 13.2. The Kier molecular flexibility index (Phi) is 6.88. The Morgan fingerprint density at radius 1 is 1.19 bits per heavy atom. The molecular weight excluding hydrogens is 346 g/mol. The molecule has 4 nitrogen and oxygen atoms in total. The number of nitrogens with zero attached hydrogens (tertiary/aromatic N) is 1. The summed E-state index contributed by atoms with van der Waals surface area (Å²) in [5, 5.41) is 10.2. The van der Waals surface area contributed by atoms with E-state index in [-0.39, 0.29) is 29.3 Å². The lowest BCUT2D eigenvalue weighted by atomic mass is 9.82. The number of carboxylic acids is 1. The Bertz CT molecular complexity index is 715. The molecule has 0 atom stereocenters. The molecule has 0 bridgehead atoms. The number of carbonyl (C=O) groups is 2. The first-order chi connectivity index (χ1) is 12.2. The second kappa shape index (κ2) is 8.73. The first kappa shape index (κ1) is 20.5. The highest BCUT2D eigenvalue weighted by Crippen LogP contribution is 2.37. The van der Waals surface area contributed by atoms with Crippen LogP contribution >= 0.6 is 11.3 Å². The van der Waals surface area contributed by atoms with E-state index in [1.807, 2.05) is 27.7 Å². The van der Waals surface area contributed by atoms with Crippen molar-refractivity contribution < 1.29 is 14.7 Å². The van der Waals surface area contributed by atoms with Crippen LogP contribution in [0.25, 0.3) is 0 Å². The molecule has 1 fully saturated rings. The number of anilines is 1. The molecule has 142 valence electrons. The summed E-state index contributed by atoms with van der Waals surface area (Å²) >= 11 is 1.31. The Morgan fingerprint density at radius 3 is 2.31 bits per heavy atom. The molecule has 5 heteroatoms. The number of carbonyl (C=O) groups excluding carboxylic acids is 1. The predicted molar refractivity (Wildman–Crippen MR) is 107 cm³/mol. The van der Waals surface area contributed by atoms with Gasteiger partial charge in [-0.15, -0.1) is 11.3 Å². The number of rotatable bonds is 4. The molecule has 26 heavy (non-hydrogen) atoms. The van der Waals surface area contributed by atoms with Crippen molar-refractivity contribution in [2.75, 3.05) is 4.90 Å². The lowest BCUT2D eigenvalue weighted by Crippen LogP contribution is -2.42. The summed E-state index contributed by atoms with van der Waals surface area (Å²) in [6.45, 7) is 10.1. The van der Waals surface area contributed by atoms with E-state index in [2.05, 4.69) is 18.8 Å². The molecule has 0 unspecified atom stereocenters. The monoisotopic (exact) mass is 375 g/mol. The van der Waals surface area contributed by atoms with Crippen molar-refractivity contribution in [1.82, 2.24) is 0 Å². The first-order valence-corrected chi connectivity index (χ1v) is 10.2. The van der Waals surface area contributed by atoms with Crippen molar-refractivity contribution in [1.29, 1.82) is 0 Å². The Hall–Kier alpha value is -1.80. The minimum Gasteiger partial charge on any atom is -0.478 e. The molecule has 1 aromatic heterocycles. The van der Waals surface area contributed by atoms with Crippen molar-refractivity contribution in [2.24, 2.45) is 17.8 Å². The third-order valence-electron chi connectivity index (χ3n) is 4.76. The Morgan fingerprint density at radius 2 is 1.81 bits per heavy atom. The van der Waals surface area contributed by atoms with Crippen LogP contribution in [0.4, 0.5) is 5.00 Å². The van der Waals surface area contributed by atoms with Gasteiger partial charge in [-0.05, 0) is 51.5 Å². The van der Waals surface area contributed by atoms with Crippen LogP contribution in [0.2, 0.25) is 0 Å². The van der Waals surface area contributed by atoms with Crippen LogP contribution in [0.5, 0.6) is 0 Å². The summed E-state index contributed by atoms with van der Waals surface area (Å²) < 4.78 is 0. The molecule has 0 spiro atoms. The van der Waals surface area contributed by atoms with Crippen molar-refractivity contribution in [3.05, 3.63) is 16.5 Å². The molecule has 1 aliphatic rings. The lowest BCUT2D eigenvalue weighted by Gasteiger charge is -2.33. The third kappa shape index (κ3) is 4.88. The molecule has 0 saturated heterocycles. The van der Waals surface area contributed by atoms with Crippen LogP contribution in [0.15, 0.2) is 6.07 Å². The second-order valence-corrected chi connectivity index (χ2v) is 8.85. The molecule has 1 saturated carbocycles. The van der Waals surface area contributed by atoms with E-state index in [9.17, 15) is 14.7 Å². The minimum atomic E-state index is -1.01. The predicted octanol–water partition coefficient (Wildman–Crippen LogP) is 5.02. The Labute approximate surface area is 160 Å². The maximum Gasteiger partial charge on any atom is 0.338 e. The molecule has 1 heterocycles. The quantitative estimate of drug-likeness (QED) is 0.752. The van der Waals surface area contributed by atoms with Crippen LogP contribution < -0.4 is 4.90 Å². The van der Waals surface area contributed by atoms with Crippen molar-refractivity contribution >= 4 is 28.2 Å². The van der Waals surface area contributed by atoms with Crippen LogP contribution in [0.3, 0.4) is 0 Å². The van der Waals surface area contributed by atoms with Gasteiger partial charge in [-0.3, -0.25) is 4.79 Å². The van der Waals surface area contributed by atoms with E-state index in [1.165, 1.54) is 11.3 Å². The minimum absolute atomic E-state index is 0.0115. The van der Waals surface area contributed by atoms with Gasteiger partial charge in [-0.1, -0.05) is 32.6 Å². The van der Waals surface area contributed by atoms with Crippen LogP contribution in [-0.2, 0) is 4.79 Å². The van der Waals surface area contributed by atoms with Gasteiger partial charge in [0.05, 0.1) is 10.4 Å². The van der Waals surface area contributed by atoms with E-state index in [0.717, 1.165) is 25.7 Å². The molecule has 1 N–H and O–H groups in total. The van der Waals surface area contributed by atoms with Crippen molar-refractivity contribution in [3.63, 3.8) is 0 Å². The molecule has 0 radical (unpaired) electrons. The zero-order valence-corrected chi connectivity index (χ0v) is 17.2. The number of thiophene rings is 1. The average Bonchev–Trinajstić information content (AvgIpc) is 2.97. The fraction of sp³-hybridized carbons (Fsp3) is 0.619. The largest absolute Gasteiger partial charge is 0.478 e. The Balaban J connectivity index is 2.38. The topological polar surface area (TPSA) is 57.6 Å². The van der Waals surface area contributed by atoms with Gasteiger partial charge in [0.15, 0.2) is 0 Å². The molecule has 0 aliphatic heterocycles. The number of carboxylic acid groups (broad SMARTS) is 1. The van der Waals surface area contributed by atoms with Gasteiger partial charge in [0.25, 0.3) is 0 Å². The van der Waals surface area contributed by atoms with Gasteiger partial charge in [0, 0.05) is 17.9 Å². The summed E-state index contributed by atoms with van der Waals surface area (Å²) in [7, 11) is 0. The van der Waals surface area contributed by atoms with Gasteiger partial charge in [0.2, 0.25) is 5.91 Å². The molecular formula is C21H29NO3S. The number of amides is 1. The van der Waals surface area contributed by atoms with Gasteiger partial charge in [-0.2, -0.15) is 0 Å². The summed E-state index contributed by atoms with van der Waals surface area (Å²) in [4.78, 5) is 27.3. The normalized spacial score (nSPS) is 20.0. The van der Waals surface area contributed by atoms with E-state index in [0.29, 0.717) is 15.8 Å². The number of aromatic carboxylic acids is 1. The van der Waals surface area contributed by atoms with Crippen LogP contribution in [0, 0.1) is 29.6 Å². The standard InChI is InChI=1S/C21H29NO3S/c1-13(2)6-11-17-12-18(21(24)25)20(26-17)22(14(3)4)19(23)16-9-7-15(5)8-10-16/h12-16H,7-10H2,1-5H3,(H,24,25). The third-order valence-corrected chi connectivity index (χ3v) is 5.81. The SMILES string of the molecule is CC(C)C#Cc1cc(C(=O)O)c(N(C(=O)C2CCC(C)CC2)C(C)C)s1. The smallest absolute Gasteiger partial charge is 0.338 e. The molecule has 1 amide bonds. The number of hydrogen-bond donors (Lipinski definition) is 1. The zero-order chi connectivity index (χ0) is 19.4. The van der Waals surface area contributed by atoms with Gasteiger partial charge in [0.1, 0.15) is 5.00 Å². The first-order valence-electron chi connectivity index (χ1n) is 9.42. The van der Waals surface area contributed by atoms with Crippen molar-refractivity contribution in [2.45, 2.75) is 66.3 Å². The summed E-state index contributed by atoms with van der Waals surface area (Å²) in [5.74, 6) is 6.03. The molecule has 1 aliphatic carbocycles. The van der Waals surface area contributed by atoms with E-state index in [4.69, 9.17) is 0 Å². The average molecular weight is 376 g/mol. The fourth-order valence-corrected chi connectivity index (χ4v) is 4.43. The summed E-state index contributed by atoms with van der Waals surface area (Å²) in [5.41, 5.74) is 0.175. The van der Waals surface area contributed by atoms with E-state index in [1.54, 1.807) is 11.0 Å². The van der Waals surface area contributed by atoms with Gasteiger partial charge < -0.3 is 10.0 Å². The van der Waals surface area contributed by atoms with E-state index >= 15 is 0 Å². The number of hydrogen-bond acceptors (Lipinski definition) is 3. The van der Waals surface area contributed by atoms with Crippen molar-refractivity contribution in [3.8, 4) is 11.8 Å². The fourth-order valence-electron chi connectivity index (χ4n) is 3.28.